The highest BCUT2D eigenvalue weighted by Gasteiger charge is 2.19. The Bertz CT molecular complexity index is 655. The maximum Gasteiger partial charge on any atom is 0.310 e. The number of rotatable bonds is 7. The van der Waals surface area contributed by atoms with Gasteiger partial charge in [0.25, 0.3) is 0 Å². The lowest BCUT2D eigenvalue weighted by molar-refractivity contribution is -0.146. The second kappa shape index (κ2) is 8.07. The highest BCUT2D eigenvalue weighted by atomic mass is 32.2. The molecule has 0 fully saturated rings. The summed E-state index contributed by atoms with van der Waals surface area (Å²) in [6.45, 7) is 3.83. The molecule has 8 heteroatoms. The lowest BCUT2D eigenvalue weighted by Crippen LogP contribution is -2.37. The molecular weight excluding hydrogens is 320 g/mol. The molecule has 1 atom stereocenters. The van der Waals surface area contributed by atoms with Gasteiger partial charge in [-0.1, -0.05) is 19.1 Å². The van der Waals surface area contributed by atoms with Crippen molar-refractivity contribution in [3.63, 3.8) is 0 Å². The summed E-state index contributed by atoms with van der Waals surface area (Å²) < 4.78 is 27.0. The second-order valence-electron chi connectivity index (χ2n) is 5.33. The van der Waals surface area contributed by atoms with E-state index in [-0.39, 0.29) is 23.3 Å². The Kier molecular flexibility index (Phi) is 6.71. The Morgan fingerprint density at radius 1 is 1.26 bits per heavy atom. The maximum atomic E-state index is 11.7. The van der Waals surface area contributed by atoms with Crippen LogP contribution < -0.4 is 5.14 Å². The normalized spacial score (nSPS) is 12.5. The van der Waals surface area contributed by atoms with Gasteiger partial charge in [0.1, 0.15) is 0 Å². The standard InChI is InChI=1S/C15H22N2O5S/c1-11(15(19)22-3)10-17(12(2)18)9-8-13-4-6-14(7-5-13)23(16,20)21/h4-7,11H,8-10H2,1-3H3,(H2,16,20,21)/t11-/m0/s1. The van der Waals surface area contributed by atoms with Crippen molar-refractivity contribution in [2.45, 2.75) is 25.2 Å². The van der Waals surface area contributed by atoms with E-state index in [4.69, 9.17) is 5.14 Å². The van der Waals surface area contributed by atoms with E-state index in [9.17, 15) is 18.0 Å². The predicted molar refractivity (Wildman–Crippen MR) is 85.0 cm³/mol. The number of carbonyl (C=O) groups is 2. The fourth-order valence-corrected chi connectivity index (χ4v) is 2.61. The van der Waals surface area contributed by atoms with Gasteiger partial charge in [-0.15, -0.1) is 0 Å². The lowest BCUT2D eigenvalue weighted by atomic mass is 10.1. The zero-order valence-corrected chi connectivity index (χ0v) is 14.3. The van der Waals surface area contributed by atoms with Gasteiger partial charge in [-0.2, -0.15) is 0 Å². The van der Waals surface area contributed by atoms with Crippen LogP contribution in [0.3, 0.4) is 0 Å². The number of nitrogens with zero attached hydrogens (tertiary/aromatic N) is 1. The van der Waals surface area contributed by atoms with Crippen LogP contribution in [0.4, 0.5) is 0 Å². The first-order valence-corrected chi connectivity index (χ1v) is 8.65. The summed E-state index contributed by atoms with van der Waals surface area (Å²) in [6.07, 6.45) is 0.540. The molecule has 0 aromatic heterocycles. The zero-order chi connectivity index (χ0) is 17.6. The minimum atomic E-state index is -3.71. The van der Waals surface area contributed by atoms with Gasteiger partial charge in [0.15, 0.2) is 0 Å². The molecule has 1 amide bonds. The number of nitrogens with two attached hydrogens (primary N) is 1. The molecule has 1 rings (SSSR count). The molecule has 1 aromatic carbocycles. The first kappa shape index (κ1) is 19.1. The summed E-state index contributed by atoms with van der Waals surface area (Å²) in [5.41, 5.74) is 0.870. The molecule has 0 saturated carbocycles. The Labute approximate surface area is 136 Å². The van der Waals surface area contributed by atoms with E-state index in [0.717, 1.165) is 5.56 Å². The van der Waals surface area contributed by atoms with Crippen LogP contribution in [0.5, 0.6) is 0 Å². The third-order valence-corrected chi connectivity index (χ3v) is 4.39. The fourth-order valence-electron chi connectivity index (χ4n) is 2.09. The smallest absolute Gasteiger partial charge is 0.310 e. The molecule has 1 aromatic rings. The van der Waals surface area contributed by atoms with E-state index in [2.05, 4.69) is 4.74 Å². The molecular formula is C15H22N2O5S. The summed E-state index contributed by atoms with van der Waals surface area (Å²) >= 11 is 0. The summed E-state index contributed by atoms with van der Waals surface area (Å²) in [7, 11) is -2.40. The molecule has 0 unspecified atom stereocenters. The molecule has 0 bridgehead atoms. The van der Waals surface area contributed by atoms with Crippen molar-refractivity contribution in [2.75, 3.05) is 20.2 Å². The van der Waals surface area contributed by atoms with Crippen molar-refractivity contribution in [2.24, 2.45) is 11.1 Å². The van der Waals surface area contributed by atoms with Gasteiger partial charge in [-0.3, -0.25) is 9.59 Å². The largest absolute Gasteiger partial charge is 0.469 e. The molecule has 128 valence electrons. The van der Waals surface area contributed by atoms with Crippen LogP contribution >= 0.6 is 0 Å². The number of esters is 1. The van der Waals surface area contributed by atoms with Crippen molar-refractivity contribution in [1.29, 1.82) is 0 Å². The van der Waals surface area contributed by atoms with Crippen molar-refractivity contribution in [1.82, 2.24) is 4.90 Å². The summed E-state index contributed by atoms with van der Waals surface area (Å²) in [4.78, 5) is 24.7. The summed E-state index contributed by atoms with van der Waals surface area (Å²) in [5, 5.41) is 5.04. The number of benzene rings is 1. The van der Waals surface area contributed by atoms with Crippen LogP contribution in [0.2, 0.25) is 0 Å². The quantitative estimate of drug-likeness (QED) is 0.728. The summed E-state index contributed by atoms with van der Waals surface area (Å²) in [5.74, 6) is -0.913. The number of amides is 1. The number of methoxy groups -OCH3 is 1. The van der Waals surface area contributed by atoms with E-state index >= 15 is 0 Å². The predicted octanol–water partition coefficient (Wildman–Crippen LogP) is 0.534. The topological polar surface area (TPSA) is 107 Å². The number of hydrogen-bond acceptors (Lipinski definition) is 5. The molecule has 2 N–H and O–H groups in total. The van der Waals surface area contributed by atoms with Crippen LogP contribution in [-0.2, 0) is 30.8 Å². The minimum absolute atomic E-state index is 0.0454. The van der Waals surface area contributed by atoms with Gasteiger partial charge < -0.3 is 9.64 Å². The van der Waals surface area contributed by atoms with E-state index in [0.29, 0.717) is 13.0 Å². The number of sulfonamides is 1. The highest BCUT2D eigenvalue weighted by molar-refractivity contribution is 7.89. The molecule has 0 aliphatic heterocycles. The monoisotopic (exact) mass is 342 g/mol. The average Bonchev–Trinajstić information content (AvgIpc) is 2.49. The average molecular weight is 342 g/mol. The first-order valence-electron chi connectivity index (χ1n) is 7.10. The van der Waals surface area contributed by atoms with Crippen molar-refractivity contribution >= 4 is 21.9 Å². The Morgan fingerprint density at radius 2 is 1.83 bits per heavy atom. The third-order valence-electron chi connectivity index (χ3n) is 3.47. The van der Waals surface area contributed by atoms with Crippen LogP contribution in [0.25, 0.3) is 0 Å². The van der Waals surface area contributed by atoms with Gasteiger partial charge in [-0.25, -0.2) is 13.6 Å². The number of carbonyl (C=O) groups excluding carboxylic acids is 2. The number of primary sulfonamides is 1. The van der Waals surface area contributed by atoms with E-state index in [1.165, 1.54) is 26.2 Å². The van der Waals surface area contributed by atoms with Crippen LogP contribution in [0.1, 0.15) is 19.4 Å². The second-order valence-corrected chi connectivity index (χ2v) is 6.89. The van der Waals surface area contributed by atoms with Gasteiger partial charge in [0, 0.05) is 20.0 Å². The van der Waals surface area contributed by atoms with E-state index in [1.54, 1.807) is 24.0 Å². The van der Waals surface area contributed by atoms with Gasteiger partial charge in [0.05, 0.1) is 17.9 Å². The molecule has 0 saturated heterocycles. The van der Waals surface area contributed by atoms with Gasteiger partial charge >= 0.3 is 5.97 Å². The molecule has 0 spiro atoms. The molecule has 0 aliphatic rings. The Hall–Kier alpha value is -1.93. The number of hydrogen-bond donors (Lipinski definition) is 1. The van der Waals surface area contributed by atoms with Crippen molar-refractivity contribution < 1.29 is 22.7 Å². The fraction of sp³-hybridized carbons (Fsp3) is 0.467. The molecule has 0 heterocycles. The molecule has 7 nitrogen and oxygen atoms in total. The zero-order valence-electron chi connectivity index (χ0n) is 13.5. The van der Waals surface area contributed by atoms with Crippen LogP contribution in [-0.4, -0.2) is 45.4 Å². The highest BCUT2D eigenvalue weighted by Crippen LogP contribution is 2.11. The molecule has 0 aliphatic carbocycles. The van der Waals surface area contributed by atoms with Crippen LogP contribution in [0.15, 0.2) is 29.2 Å². The van der Waals surface area contributed by atoms with Gasteiger partial charge in [-0.05, 0) is 24.1 Å². The molecule has 0 radical (unpaired) electrons. The lowest BCUT2D eigenvalue weighted by Gasteiger charge is -2.23. The van der Waals surface area contributed by atoms with Crippen molar-refractivity contribution in [3.05, 3.63) is 29.8 Å². The van der Waals surface area contributed by atoms with Crippen molar-refractivity contribution in [3.8, 4) is 0 Å². The SMILES string of the molecule is COC(=O)[C@@H](C)CN(CCc1ccc(S(N)(=O)=O)cc1)C(C)=O. The third kappa shape index (κ3) is 5.99. The van der Waals surface area contributed by atoms with Crippen LogP contribution in [0, 0.1) is 5.92 Å². The first-order chi connectivity index (χ1) is 10.6. The molecule has 23 heavy (non-hydrogen) atoms. The van der Waals surface area contributed by atoms with E-state index < -0.39 is 15.9 Å². The Balaban J connectivity index is 2.69. The Morgan fingerprint density at radius 3 is 2.26 bits per heavy atom. The maximum absolute atomic E-state index is 11.7. The minimum Gasteiger partial charge on any atom is -0.469 e. The van der Waals surface area contributed by atoms with E-state index in [1.807, 2.05) is 0 Å². The summed E-state index contributed by atoms with van der Waals surface area (Å²) in [6, 6.07) is 6.17. The van der Waals surface area contributed by atoms with Gasteiger partial charge in [0.2, 0.25) is 15.9 Å². The number of ether oxygens (including phenoxy) is 1.